The average molecular weight is 241 g/mol. The molecule has 0 aliphatic carbocycles. The van der Waals surface area contributed by atoms with Crippen LogP contribution in [0.5, 0.6) is 0 Å². The summed E-state index contributed by atoms with van der Waals surface area (Å²) in [5.74, 6) is 0.597. The van der Waals surface area contributed by atoms with Gasteiger partial charge in [-0.1, -0.05) is 6.92 Å². The van der Waals surface area contributed by atoms with Gasteiger partial charge >= 0.3 is 5.97 Å². The number of likely N-dealkylation sites (tertiary alicyclic amines) is 1. The third kappa shape index (κ3) is 4.11. The standard InChI is InChI=1S/C13H23NO3/c1-4-12(15)10(2)14-7-5-11(6-8-14)9-13(16)17-3/h10-11H,4-9H2,1-3H3. The zero-order valence-electron chi connectivity index (χ0n) is 11.1. The number of esters is 1. The molecule has 1 saturated heterocycles. The Morgan fingerprint density at radius 3 is 2.41 bits per heavy atom. The van der Waals surface area contributed by atoms with E-state index in [0.717, 1.165) is 25.9 Å². The van der Waals surface area contributed by atoms with Crippen LogP contribution < -0.4 is 0 Å². The monoisotopic (exact) mass is 241 g/mol. The van der Waals surface area contributed by atoms with Gasteiger partial charge in [0.15, 0.2) is 0 Å². The lowest BCUT2D eigenvalue weighted by Crippen LogP contribution is -2.44. The second kappa shape index (κ2) is 6.74. The molecule has 1 unspecified atom stereocenters. The van der Waals surface area contributed by atoms with Crippen LogP contribution >= 0.6 is 0 Å². The lowest BCUT2D eigenvalue weighted by atomic mass is 9.92. The molecular weight excluding hydrogens is 218 g/mol. The fourth-order valence-electron chi connectivity index (χ4n) is 2.36. The summed E-state index contributed by atoms with van der Waals surface area (Å²) in [5.41, 5.74) is 0. The predicted octanol–water partition coefficient (Wildman–Crippen LogP) is 1.63. The fraction of sp³-hybridized carbons (Fsp3) is 0.846. The number of hydrogen-bond donors (Lipinski definition) is 0. The van der Waals surface area contributed by atoms with E-state index >= 15 is 0 Å². The van der Waals surface area contributed by atoms with Gasteiger partial charge in [-0.05, 0) is 38.8 Å². The molecule has 4 heteroatoms. The van der Waals surface area contributed by atoms with Crippen LogP contribution in [-0.2, 0) is 14.3 Å². The van der Waals surface area contributed by atoms with Crippen molar-refractivity contribution < 1.29 is 14.3 Å². The first-order valence-corrected chi connectivity index (χ1v) is 6.42. The van der Waals surface area contributed by atoms with Crippen molar-refractivity contribution in [2.45, 2.75) is 45.6 Å². The largest absolute Gasteiger partial charge is 0.469 e. The van der Waals surface area contributed by atoms with Crippen LogP contribution in [0.25, 0.3) is 0 Å². The van der Waals surface area contributed by atoms with Crippen molar-refractivity contribution >= 4 is 11.8 Å². The van der Waals surface area contributed by atoms with Gasteiger partial charge in [0.1, 0.15) is 5.78 Å². The Balaban J connectivity index is 2.35. The molecule has 1 atom stereocenters. The van der Waals surface area contributed by atoms with E-state index in [1.165, 1.54) is 7.11 Å². The molecule has 0 aromatic rings. The first kappa shape index (κ1) is 14.2. The molecule has 1 aliphatic heterocycles. The molecular formula is C13H23NO3. The van der Waals surface area contributed by atoms with Gasteiger partial charge in [0.05, 0.1) is 13.2 Å². The number of ketones is 1. The number of rotatable bonds is 5. The highest BCUT2D eigenvalue weighted by Gasteiger charge is 2.26. The van der Waals surface area contributed by atoms with Crippen molar-refractivity contribution in [3.63, 3.8) is 0 Å². The predicted molar refractivity (Wildman–Crippen MR) is 65.7 cm³/mol. The van der Waals surface area contributed by atoms with E-state index in [1.807, 2.05) is 13.8 Å². The molecule has 1 rings (SSSR count). The van der Waals surface area contributed by atoms with Crippen LogP contribution in [0.2, 0.25) is 0 Å². The summed E-state index contributed by atoms with van der Waals surface area (Å²) >= 11 is 0. The van der Waals surface area contributed by atoms with Gasteiger partial charge in [0.25, 0.3) is 0 Å². The van der Waals surface area contributed by atoms with E-state index in [4.69, 9.17) is 0 Å². The van der Waals surface area contributed by atoms with E-state index in [2.05, 4.69) is 9.64 Å². The number of ether oxygens (including phenoxy) is 1. The van der Waals surface area contributed by atoms with Gasteiger partial charge in [0.2, 0.25) is 0 Å². The van der Waals surface area contributed by atoms with Gasteiger partial charge in [-0.15, -0.1) is 0 Å². The summed E-state index contributed by atoms with van der Waals surface area (Å²) in [6, 6.07) is 0.0269. The number of methoxy groups -OCH3 is 1. The molecule has 0 aromatic heterocycles. The van der Waals surface area contributed by atoms with Gasteiger partial charge in [-0.25, -0.2) is 0 Å². The van der Waals surface area contributed by atoms with Crippen molar-refractivity contribution in [2.24, 2.45) is 5.92 Å². The minimum atomic E-state index is -0.124. The summed E-state index contributed by atoms with van der Waals surface area (Å²) < 4.78 is 4.68. The van der Waals surface area contributed by atoms with Gasteiger partial charge in [-0.3, -0.25) is 14.5 Å². The van der Waals surface area contributed by atoms with Gasteiger partial charge < -0.3 is 4.74 Å². The smallest absolute Gasteiger partial charge is 0.305 e. The Hall–Kier alpha value is -0.900. The van der Waals surface area contributed by atoms with Crippen molar-refractivity contribution in [3.05, 3.63) is 0 Å². The summed E-state index contributed by atoms with van der Waals surface area (Å²) in [4.78, 5) is 25.0. The molecule has 0 saturated carbocycles. The molecule has 4 nitrogen and oxygen atoms in total. The Morgan fingerprint density at radius 2 is 1.94 bits per heavy atom. The number of Topliss-reactive ketones (excluding diaryl/α,β-unsaturated/α-hetero) is 1. The number of piperidine rings is 1. The molecule has 1 fully saturated rings. The summed E-state index contributed by atoms with van der Waals surface area (Å²) in [7, 11) is 1.43. The lowest BCUT2D eigenvalue weighted by molar-refractivity contribution is -0.142. The number of carbonyl (C=O) groups excluding carboxylic acids is 2. The summed E-state index contributed by atoms with van der Waals surface area (Å²) in [6.07, 6.45) is 3.08. The van der Waals surface area contributed by atoms with E-state index in [9.17, 15) is 9.59 Å². The molecule has 0 amide bonds. The highest BCUT2D eigenvalue weighted by Crippen LogP contribution is 2.22. The molecule has 1 heterocycles. The van der Waals surface area contributed by atoms with E-state index in [1.54, 1.807) is 0 Å². The second-order valence-corrected chi connectivity index (χ2v) is 4.76. The highest BCUT2D eigenvalue weighted by atomic mass is 16.5. The Bertz CT molecular complexity index is 270. The molecule has 0 bridgehead atoms. The second-order valence-electron chi connectivity index (χ2n) is 4.76. The van der Waals surface area contributed by atoms with Crippen LogP contribution in [0.15, 0.2) is 0 Å². The lowest BCUT2D eigenvalue weighted by Gasteiger charge is -2.34. The van der Waals surface area contributed by atoms with E-state index in [-0.39, 0.29) is 12.0 Å². The zero-order chi connectivity index (χ0) is 12.8. The van der Waals surface area contributed by atoms with Crippen LogP contribution in [-0.4, -0.2) is 42.9 Å². The molecule has 98 valence electrons. The van der Waals surface area contributed by atoms with E-state index < -0.39 is 0 Å². The van der Waals surface area contributed by atoms with Crippen LogP contribution in [0.4, 0.5) is 0 Å². The fourth-order valence-corrected chi connectivity index (χ4v) is 2.36. The summed E-state index contributed by atoms with van der Waals surface area (Å²) in [5, 5.41) is 0. The zero-order valence-corrected chi connectivity index (χ0v) is 11.1. The van der Waals surface area contributed by atoms with Crippen molar-refractivity contribution in [2.75, 3.05) is 20.2 Å². The Morgan fingerprint density at radius 1 is 1.35 bits per heavy atom. The molecule has 0 radical (unpaired) electrons. The maximum Gasteiger partial charge on any atom is 0.305 e. The molecule has 1 aliphatic rings. The van der Waals surface area contributed by atoms with Crippen LogP contribution in [0.1, 0.15) is 39.5 Å². The normalized spacial score (nSPS) is 19.9. The SMILES string of the molecule is CCC(=O)C(C)N1CCC(CC(=O)OC)CC1. The third-order valence-electron chi connectivity index (χ3n) is 3.69. The minimum absolute atomic E-state index is 0.0269. The van der Waals surface area contributed by atoms with Crippen molar-refractivity contribution in [1.82, 2.24) is 4.90 Å². The number of carbonyl (C=O) groups is 2. The van der Waals surface area contributed by atoms with Gasteiger partial charge in [0, 0.05) is 12.8 Å². The van der Waals surface area contributed by atoms with E-state index in [0.29, 0.717) is 24.5 Å². The minimum Gasteiger partial charge on any atom is -0.469 e. The summed E-state index contributed by atoms with van der Waals surface area (Å²) in [6.45, 7) is 5.71. The van der Waals surface area contributed by atoms with Crippen LogP contribution in [0, 0.1) is 5.92 Å². The number of nitrogens with zero attached hydrogens (tertiary/aromatic N) is 1. The quantitative estimate of drug-likeness (QED) is 0.686. The third-order valence-corrected chi connectivity index (χ3v) is 3.69. The molecule has 0 spiro atoms. The van der Waals surface area contributed by atoms with Gasteiger partial charge in [-0.2, -0.15) is 0 Å². The van der Waals surface area contributed by atoms with Crippen LogP contribution in [0.3, 0.4) is 0 Å². The molecule has 17 heavy (non-hydrogen) atoms. The first-order valence-electron chi connectivity index (χ1n) is 6.42. The number of hydrogen-bond acceptors (Lipinski definition) is 4. The maximum absolute atomic E-state index is 11.6. The Labute approximate surface area is 103 Å². The first-order chi connectivity index (χ1) is 8.08. The highest BCUT2D eigenvalue weighted by molar-refractivity contribution is 5.83. The van der Waals surface area contributed by atoms with Crippen molar-refractivity contribution in [3.8, 4) is 0 Å². The topological polar surface area (TPSA) is 46.6 Å². The molecule has 0 N–H and O–H groups in total. The maximum atomic E-state index is 11.6. The Kier molecular flexibility index (Phi) is 5.62. The average Bonchev–Trinajstić information content (AvgIpc) is 2.37. The van der Waals surface area contributed by atoms with Crippen molar-refractivity contribution in [1.29, 1.82) is 0 Å². The molecule has 0 aromatic carbocycles.